The Morgan fingerprint density at radius 2 is 2.08 bits per heavy atom. The second-order valence-electron chi connectivity index (χ2n) is 5.79. The zero-order chi connectivity index (χ0) is 17.5. The van der Waals surface area contributed by atoms with E-state index in [1.54, 1.807) is 7.11 Å². The van der Waals surface area contributed by atoms with Crippen molar-refractivity contribution in [2.75, 3.05) is 13.7 Å². The molecular weight excluding hydrogens is 324 g/mol. The number of carbonyl (C=O) groups is 1. The molecule has 0 bridgehead atoms. The number of ether oxygens (including phenoxy) is 1. The molecule has 0 radical (unpaired) electrons. The topological polar surface area (TPSA) is 71.5 Å². The molecule has 0 fully saturated rings. The van der Waals surface area contributed by atoms with Gasteiger partial charge in [-0.2, -0.15) is 0 Å². The van der Waals surface area contributed by atoms with Crippen LogP contribution in [0, 0.1) is 5.92 Å². The number of hydrogen-bond donors (Lipinski definition) is 2. The number of benzene rings is 1. The van der Waals surface area contributed by atoms with Crippen LogP contribution in [0.5, 0.6) is 5.75 Å². The summed E-state index contributed by atoms with van der Waals surface area (Å²) in [6, 6.07) is 7.47. The molecule has 2 atom stereocenters. The van der Waals surface area contributed by atoms with Crippen LogP contribution in [0.15, 0.2) is 29.6 Å². The summed E-state index contributed by atoms with van der Waals surface area (Å²) < 4.78 is 5.15. The Morgan fingerprint density at radius 1 is 1.38 bits per heavy atom. The van der Waals surface area contributed by atoms with Gasteiger partial charge in [0.1, 0.15) is 10.8 Å². The summed E-state index contributed by atoms with van der Waals surface area (Å²) >= 11 is 1.51. The van der Waals surface area contributed by atoms with Gasteiger partial charge in [-0.05, 0) is 30.2 Å². The van der Waals surface area contributed by atoms with Gasteiger partial charge in [0.05, 0.1) is 31.9 Å². The van der Waals surface area contributed by atoms with E-state index in [1.807, 2.05) is 43.5 Å². The highest BCUT2D eigenvalue weighted by Gasteiger charge is 2.18. The van der Waals surface area contributed by atoms with Crippen LogP contribution in [-0.4, -0.2) is 35.8 Å². The molecule has 0 saturated carbocycles. The molecule has 5 nitrogen and oxygen atoms in total. The van der Waals surface area contributed by atoms with Gasteiger partial charge in [0.15, 0.2) is 0 Å². The number of aromatic nitrogens is 1. The van der Waals surface area contributed by atoms with E-state index >= 15 is 0 Å². The molecule has 1 aromatic heterocycles. The highest BCUT2D eigenvalue weighted by Crippen LogP contribution is 2.25. The first-order valence-corrected chi connectivity index (χ1v) is 8.94. The monoisotopic (exact) mass is 348 g/mol. The van der Waals surface area contributed by atoms with E-state index in [2.05, 4.69) is 10.3 Å². The van der Waals surface area contributed by atoms with Gasteiger partial charge in [0.2, 0.25) is 5.91 Å². The Labute approximate surface area is 146 Å². The Bertz CT molecular complexity index is 655. The summed E-state index contributed by atoms with van der Waals surface area (Å²) in [5.41, 5.74) is 1.74. The van der Waals surface area contributed by atoms with E-state index in [0.29, 0.717) is 0 Å². The van der Waals surface area contributed by atoms with Crippen molar-refractivity contribution in [2.24, 2.45) is 5.92 Å². The van der Waals surface area contributed by atoms with Crippen LogP contribution >= 0.6 is 11.3 Å². The van der Waals surface area contributed by atoms with Gasteiger partial charge < -0.3 is 15.2 Å². The quantitative estimate of drug-likeness (QED) is 0.769. The highest BCUT2D eigenvalue weighted by molar-refractivity contribution is 7.13. The van der Waals surface area contributed by atoms with E-state index in [4.69, 9.17) is 4.74 Å². The van der Waals surface area contributed by atoms with Crippen molar-refractivity contribution < 1.29 is 14.6 Å². The molecule has 2 aromatic rings. The van der Waals surface area contributed by atoms with Crippen LogP contribution in [0.4, 0.5) is 0 Å². The summed E-state index contributed by atoms with van der Waals surface area (Å²) in [6.45, 7) is 4.02. The molecule has 1 heterocycles. The van der Waals surface area contributed by atoms with Crippen molar-refractivity contribution in [1.82, 2.24) is 10.3 Å². The Balaban J connectivity index is 1.98. The summed E-state index contributed by atoms with van der Waals surface area (Å²) in [7, 11) is 1.63. The van der Waals surface area contributed by atoms with Crippen LogP contribution in [-0.2, 0) is 11.2 Å². The fraction of sp³-hybridized carbons (Fsp3) is 0.444. The van der Waals surface area contributed by atoms with Crippen molar-refractivity contribution >= 4 is 17.2 Å². The second kappa shape index (κ2) is 8.80. The predicted molar refractivity (Wildman–Crippen MR) is 96.3 cm³/mol. The first kappa shape index (κ1) is 18.4. The number of carbonyl (C=O) groups excluding carboxylic acids is 1. The van der Waals surface area contributed by atoms with Gasteiger partial charge in [-0.1, -0.05) is 20.3 Å². The van der Waals surface area contributed by atoms with Crippen LogP contribution in [0.2, 0.25) is 0 Å². The summed E-state index contributed by atoms with van der Waals surface area (Å²) in [5.74, 6) is 0.931. The lowest BCUT2D eigenvalue weighted by molar-refractivity contribution is -0.121. The first-order chi connectivity index (χ1) is 11.6. The van der Waals surface area contributed by atoms with Gasteiger partial charge in [0.25, 0.3) is 0 Å². The number of aliphatic hydroxyl groups excluding tert-OH is 1. The maximum Gasteiger partial charge on any atom is 0.226 e. The smallest absolute Gasteiger partial charge is 0.226 e. The number of hydrogen-bond acceptors (Lipinski definition) is 5. The fourth-order valence-electron chi connectivity index (χ4n) is 2.33. The van der Waals surface area contributed by atoms with Crippen LogP contribution < -0.4 is 10.1 Å². The summed E-state index contributed by atoms with van der Waals surface area (Å²) in [5, 5.41) is 15.1. The van der Waals surface area contributed by atoms with Crippen LogP contribution in [0.1, 0.15) is 26.0 Å². The average Bonchev–Trinajstić information content (AvgIpc) is 3.07. The fourth-order valence-corrected chi connectivity index (χ4v) is 3.15. The lowest BCUT2D eigenvalue weighted by atomic mass is 10.00. The molecule has 130 valence electrons. The number of aliphatic hydroxyl groups is 1. The minimum atomic E-state index is -0.206. The van der Waals surface area contributed by atoms with Gasteiger partial charge in [0, 0.05) is 10.9 Å². The molecule has 0 unspecified atom stereocenters. The molecule has 0 saturated heterocycles. The zero-order valence-electron chi connectivity index (χ0n) is 14.3. The van der Waals surface area contributed by atoms with Gasteiger partial charge >= 0.3 is 0 Å². The Hall–Kier alpha value is -1.92. The van der Waals surface area contributed by atoms with E-state index in [-0.39, 0.29) is 30.9 Å². The van der Waals surface area contributed by atoms with Gasteiger partial charge in [-0.15, -0.1) is 11.3 Å². The molecule has 2 rings (SSSR count). The number of nitrogens with zero attached hydrogens (tertiary/aromatic N) is 1. The van der Waals surface area contributed by atoms with Crippen molar-refractivity contribution in [1.29, 1.82) is 0 Å². The number of amides is 1. The van der Waals surface area contributed by atoms with E-state index in [1.165, 1.54) is 11.3 Å². The third-order valence-corrected chi connectivity index (χ3v) is 5.04. The van der Waals surface area contributed by atoms with E-state index in [9.17, 15) is 9.90 Å². The molecule has 0 aliphatic carbocycles. The number of thiazole rings is 1. The van der Waals surface area contributed by atoms with Crippen LogP contribution in [0.3, 0.4) is 0 Å². The Morgan fingerprint density at radius 3 is 2.67 bits per heavy atom. The lowest BCUT2D eigenvalue weighted by Gasteiger charge is -2.21. The third-order valence-electron chi connectivity index (χ3n) is 4.10. The SMILES string of the molecule is CC[C@@H](C)[C@@H](CO)NC(=O)Cc1csc(-c2ccc(OC)cc2)n1. The molecule has 0 aliphatic rings. The Kier molecular flexibility index (Phi) is 6.75. The van der Waals surface area contributed by atoms with E-state index < -0.39 is 0 Å². The maximum atomic E-state index is 12.2. The average molecular weight is 348 g/mol. The number of methoxy groups -OCH3 is 1. The highest BCUT2D eigenvalue weighted by atomic mass is 32.1. The summed E-state index contributed by atoms with van der Waals surface area (Å²) in [6.07, 6.45) is 1.13. The maximum absolute atomic E-state index is 12.2. The first-order valence-electron chi connectivity index (χ1n) is 8.06. The molecule has 0 aliphatic heterocycles. The third kappa shape index (κ3) is 4.79. The van der Waals surface area contributed by atoms with Gasteiger partial charge in [-0.25, -0.2) is 4.98 Å². The van der Waals surface area contributed by atoms with Crippen molar-refractivity contribution in [3.63, 3.8) is 0 Å². The molecule has 6 heteroatoms. The lowest BCUT2D eigenvalue weighted by Crippen LogP contribution is -2.42. The normalized spacial score (nSPS) is 13.3. The number of nitrogens with one attached hydrogen (secondary N) is 1. The van der Waals surface area contributed by atoms with Crippen molar-refractivity contribution in [3.05, 3.63) is 35.3 Å². The molecule has 2 N–H and O–H groups in total. The molecule has 24 heavy (non-hydrogen) atoms. The molecule has 0 spiro atoms. The number of rotatable bonds is 8. The summed E-state index contributed by atoms with van der Waals surface area (Å²) in [4.78, 5) is 16.7. The second-order valence-corrected chi connectivity index (χ2v) is 6.65. The molecule has 1 amide bonds. The predicted octanol–water partition coefficient (Wildman–Crippen LogP) is 2.88. The molecule has 1 aromatic carbocycles. The molecular formula is C18H24N2O3S. The minimum absolute atomic E-state index is 0.0467. The standard InChI is InChI=1S/C18H24N2O3S/c1-4-12(2)16(10-21)20-17(22)9-14-11-24-18(19-14)13-5-7-15(23-3)8-6-13/h5-8,11-12,16,21H,4,9-10H2,1-3H3,(H,20,22)/t12-,16-/m1/s1. The zero-order valence-corrected chi connectivity index (χ0v) is 15.1. The largest absolute Gasteiger partial charge is 0.497 e. The van der Waals surface area contributed by atoms with Crippen molar-refractivity contribution in [3.8, 4) is 16.3 Å². The van der Waals surface area contributed by atoms with Gasteiger partial charge in [-0.3, -0.25) is 4.79 Å². The van der Waals surface area contributed by atoms with E-state index in [0.717, 1.165) is 28.4 Å². The minimum Gasteiger partial charge on any atom is -0.497 e. The van der Waals surface area contributed by atoms with Crippen molar-refractivity contribution in [2.45, 2.75) is 32.7 Å². The van der Waals surface area contributed by atoms with Crippen LogP contribution in [0.25, 0.3) is 10.6 Å².